The van der Waals surface area contributed by atoms with Gasteiger partial charge in [0.25, 0.3) is 0 Å². The molecule has 0 saturated carbocycles. The van der Waals surface area contributed by atoms with Crippen LogP contribution in [0.3, 0.4) is 0 Å². The monoisotopic (exact) mass is 1040 g/mol. The normalized spacial score (nSPS) is 25.2. The second kappa shape index (κ2) is 44.6. The lowest BCUT2D eigenvalue weighted by Crippen LogP contribution is -2.61. The van der Waals surface area contributed by atoms with Crippen molar-refractivity contribution in [2.24, 2.45) is 0 Å². The van der Waals surface area contributed by atoms with Crippen molar-refractivity contribution in [2.75, 3.05) is 26.4 Å². The Bertz CT molecular complexity index is 1450. The average molecular weight is 1040 g/mol. The second-order valence-electron chi connectivity index (χ2n) is 20.1. The van der Waals surface area contributed by atoms with Crippen molar-refractivity contribution in [1.82, 2.24) is 0 Å². The zero-order chi connectivity index (χ0) is 53.2. The lowest BCUT2D eigenvalue weighted by Gasteiger charge is -2.42. The molecular formula is C58H102O15. The summed E-state index contributed by atoms with van der Waals surface area (Å²) in [4.78, 5) is 25.8. The van der Waals surface area contributed by atoms with E-state index in [1.807, 2.05) is 0 Å². The van der Waals surface area contributed by atoms with Gasteiger partial charge in [-0.1, -0.05) is 197 Å². The molecule has 7 N–H and O–H groups in total. The Morgan fingerprint density at radius 3 is 1.36 bits per heavy atom. The van der Waals surface area contributed by atoms with Crippen molar-refractivity contribution in [1.29, 1.82) is 0 Å². The molecule has 0 bridgehead atoms. The summed E-state index contributed by atoms with van der Waals surface area (Å²) in [5.74, 6) is -0.967. The number of rotatable bonds is 45. The number of allylic oxidation sites excluding steroid dienone is 8. The van der Waals surface area contributed by atoms with Crippen molar-refractivity contribution < 1.29 is 73.8 Å². The van der Waals surface area contributed by atoms with E-state index in [4.69, 9.17) is 28.4 Å². The summed E-state index contributed by atoms with van der Waals surface area (Å²) in [6.07, 6.45) is 34.3. The molecule has 2 fully saturated rings. The van der Waals surface area contributed by atoms with E-state index in [1.165, 1.54) is 116 Å². The van der Waals surface area contributed by atoms with E-state index in [-0.39, 0.29) is 19.4 Å². The molecule has 2 rings (SSSR count). The van der Waals surface area contributed by atoms with Crippen LogP contribution in [0.4, 0.5) is 0 Å². The number of unbranched alkanes of at least 4 members (excludes halogenated alkanes) is 23. The zero-order valence-electron chi connectivity index (χ0n) is 45.1. The van der Waals surface area contributed by atoms with Crippen LogP contribution in [-0.4, -0.2) is 142 Å². The maximum Gasteiger partial charge on any atom is 0.306 e. The SMILES string of the molecule is CC/C=C/C/C=C/C/C=C/C/C=C/CCCCC(=O)OC[C@H](CO[C@H]1O[C@@H](CO[C@H]2O[C@@H](CO)[C@@H](O)C(O)C2O)[C@@H](O)C(O)C1O)OC(=O)CCCCCCCCCCCCCCCCCCCCCCCC. The molecule has 0 aliphatic carbocycles. The fourth-order valence-corrected chi connectivity index (χ4v) is 8.92. The molecule has 2 heterocycles. The summed E-state index contributed by atoms with van der Waals surface area (Å²) in [5.41, 5.74) is 0. The van der Waals surface area contributed by atoms with Crippen LogP contribution in [-0.2, 0) is 38.0 Å². The third-order valence-electron chi connectivity index (χ3n) is 13.6. The summed E-state index contributed by atoms with van der Waals surface area (Å²) < 4.78 is 33.6. The van der Waals surface area contributed by atoms with Crippen LogP contribution in [0.25, 0.3) is 0 Å². The maximum atomic E-state index is 13.1. The lowest BCUT2D eigenvalue weighted by molar-refractivity contribution is -0.332. The smallest absolute Gasteiger partial charge is 0.306 e. The first-order valence-corrected chi connectivity index (χ1v) is 28.7. The number of esters is 2. The quantitative estimate of drug-likeness (QED) is 0.0171. The largest absolute Gasteiger partial charge is 0.462 e. The molecule has 0 amide bonds. The number of carbonyl (C=O) groups is 2. The van der Waals surface area contributed by atoms with Gasteiger partial charge < -0.3 is 64.2 Å². The van der Waals surface area contributed by atoms with E-state index in [0.717, 1.165) is 57.8 Å². The van der Waals surface area contributed by atoms with Crippen LogP contribution in [0, 0.1) is 0 Å². The van der Waals surface area contributed by atoms with Crippen molar-refractivity contribution in [3.8, 4) is 0 Å². The Balaban J connectivity index is 1.75. The predicted molar refractivity (Wildman–Crippen MR) is 284 cm³/mol. The third-order valence-corrected chi connectivity index (χ3v) is 13.6. The van der Waals surface area contributed by atoms with Gasteiger partial charge in [-0.25, -0.2) is 0 Å². The molecule has 0 radical (unpaired) electrons. The number of carbonyl (C=O) groups excluding carboxylic acids is 2. The molecule has 73 heavy (non-hydrogen) atoms. The first-order valence-electron chi connectivity index (χ1n) is 28.7. The van der Waals surface area contributed by atoms with E-state index in [1.54, 1.807) is 0 Å². The molecular weight excluding hydrogens is 937 g/mol. The number of ether oxygens (including phenoxy) is 6. The third kappa shape index (κ3) is 32.0. The fourth-order valence-electron chi connectivity index (χ4n) is 8.92. The summed E-state index contributed by atoms with van der Waals surface area (Å²) in [6, 6.07) is 0. The topological polar surface area (TPSA) is 231 Å². The molecule has 0 aromatic heterocycles. The minimum absolute atomic E-state index is 0.158. The summed E-state index contributed by atoms with van der Waals surface area (Å²) in [7, 11) is 0. The molecule has 15 heteroatoms. The molecule has 2 saturated heterocycles. The molecule has 11 atom stereocenters. The number of aliphatic hydroxyl groups excluding tert-OH is 7. The summed E-state index contributed by atoms with van der Waals surface area (Å²) >= 11 is 0. The first-order chi connectivity index (χ1) is 35.5. The van der Waals surface area contributed by atoms with Crippen LogP contribution < -0.4 is 0 Å². The zero-order valence-corrected chi connectivity index (χ0v) is 45.1. The van der Waals surface area contributed by atoms with Gasteiger partial charge in [0.05, 0.1) is 19.8 Å². The molecule has 15 nitrogen and oxygen atoms in total. The second-order valence-corrected chi connectivity index (χ2v) is 20.1. The summed E-state index contributed by atoms with van der Waals surface area (Å²) in [6.45, 7) is 2.46. The van der Waals surface area contributed by atoms with Gasteiger partial charge >= 0.3 is 11.9 Å². The van der Waals surface area contributed by atoms with Crippen LogP contribution in [0.15, 0.2) is 48.6 Å². The Hall–Kier alpha value is -2.54. The Labute approximate surface area is 439 Å². The predicted octanol–water partition coefficient (Wildman–Crippen LogP) is 9.44. The van der Waals surface area contributed by atoms with Crippen LogP contribution >= 0.6 is 0 Å². The van der Waals surface area contributed by atoms with Crippen molar-refractivity contribution in [3.63, 3.8) is 0 Å². The lowest BCUT2D eigenvalue weighted by atomic mass is 9.98. The van der Waals surface area contributed by atoms with Gasteiger partial charge in [-0.05, 0) is 51.4 Å². The summed E-state index contributed by atoms with van der Waals surface area (Å²) in [5, 5.41) is 72.2. The van der Waals surface area contributed by atoms with Crippen molar-refractivity contribution in [3.05, 3.63) is 48.6 Å². The molecule has 2 aliphatic heterocycles. The highest BCUT2D eigenvalue weighted by Gasteiger charge is 2.47. The molecule has 2 aliphatic rings. The number of hydrogen-bond donors (Lipinski definition) is 7. The minimum Gasteiger partial charge on any atom is -0.462 e. The fraction of sp³-hybridized carbons (Fsp3) is 0.828. The number of hydrogen-bond acceptors (Lipinski definition) is 15. The van der Waals surface area contributed by atoms with Gasteiger partial charge in [0, 0.05) is 12.8 Å². The van der Waals surface area contributed by atoms with Crippen molar-refractivity contribution >= 4 is 11.9 Å². The minimum atomic E-state index is -1.77. The van der Waals surface area contributed by atoms with E-state index < -0.39 is 99.3 Å². The van der Waals surface area contributed by atoms with Gasteiger partial charge in [0.2, 0.25) is 0 Å². The Morgan fingerprint density at radius 1 is 0.452 bits per heavy atom. The highest BCUT2D eigenvalue weighted by molar-refractivity contribution is 5.70. The van der Waals surface area contributed by atoms with Crippen LogP contribution in [0.5, 0.6) is 0 Å². The van der Waals surface area contributed by atoms with Gasteiger partial charge in [-0.2, -0.15) is 0 Å². The Morgan fingerprint density at radius 2 is 0.863 bits per heavy atom. The van der Waals surface area contributed by atoms with Crippen molar-refractivity contribution in [2.45, 2.75) is 280 Å². The average Bonchev–Trinajstić information content (AvgIpc) is 3.38. The van der Waals surface area contributed by atoms with Crippen LogP contribution in [0.1, 0.15) is 213 Å². The molecule has 424 valence electrons. The standard InChI is InChI=1S/C58H102O15/c1-3-5-7-9-11-13-15-17-19-20-21-22-23-24-25-27-29-31-33-35-37-39-41-50(61)71-46(43-68-49(60)40-38-36-34-32-30-28-26-18-16-14-12-10-8-6-4-2)44-69-57-56(67)54(65)52(63)48(73-57)45-70-58-55(66)53(64)51(62)47(42-59)72-58/h6,8,12,14,18,26,30,32,46-48,51-59,62-67H,3-5,7,9-11,13,15-17,19-25,27-29,31,33-45H2,1-2H3/b8-6+,14-12+,26-18+,32-30+/t46-,47+,48+,51-,52-,53?,54?,55?,56?,57+,58+/m1/s1. The highest BCUT2D eigenvalue weighted by Crippen LogP contribution is 2.27. The van der Waals surface area contributed by atoms with Gasteiger partial charge in [-0.15, -0.1) is 0 Å². The van der Waals surface area contributed by atoms with Gasteiger partial charge in [0.1, 0.15) is 55.4 Å². The maximum absolute atomic E-state index is 13.1. The van der Waals surface area contributed by atoms with E-state index in [2.05, 4.69) is 62.5 Å². The molecule has 0 aromatic rings. The molecule has 4 unspecified atom stereocenters. The number of aliphatic hydroxyl groups is 7. The first kappa shape index (κ1) is 66.6. The molecule has 0 aromatic carbocycles. The molecule has 0 spiro atoms. The van der Waals surface area contributed by atoms with E-state index in [0.29, 0.717) is 12.8 Å². The van der Waals surface area contributed by atoms with E-state index >= 15 is 0 Å². The van der Waals surface area contributed by atoms with Crippen LogP contribution in [0.2, 0.25) is 0 Å². The Kier molecular flexibility index (Phi) is 40.6. The van der Waals surface area contributed by atoms with Gasteiger partial charge in [-0.3, -0.25) is 9.59 Å². The van der Waals surface area contributed by atoms with E-state index in [9.17, 15) is 45.3 Å². The highest BCUT2D eigenvalue weighted by atomic mass is 16.7. The van der Waals surface area contributed by atoms with Gasteiger partial charge in [0.15, 0.2) is 18.7 Å².